The van der Waals surface area contributed by atoms with Gasteiger partial charge in [0.15, 0.2) is 0 Å². The van der Waals surface area contributed by atoms with Crippen LogP contribution >= 0.6 is 12.4 Å². The Kier molecular flexibility index (Phi) is 6.07. The summed E-state index contributed by atoms with van der Waals surface area (Å²) < 4.78 is 27.3. The zero-order valence-corrected chi connectivity index (χ0v) is 15.4. The molecule has 0 amide bonds. The summed E-state index contributed by atoms with van der Waals surface area (Å²) in [4.78, 5) is 0.389. The summed E-state index contributed by atoms with van der Waals surface area (Å²) in [5.74, 6) is 0.311. The highest BCUT2D eigenvalue weighted by atomic mass is 35.5. The van der Waals surface area contributed by atoms with E-state index in [9.17, 15) is 8.42 Å². The third-order valence-corrected chi connectivity index (χ3v) is 6.28. The fourth-order valence-corrected chi connectivity index (χ4v) is 4.40. The summed E-state index contributed by atoms with van der Waals surface area (Å²) in [6.45, 7) is 9.17. The van der Waals surface area contributed by atoms with Gasteiger partial charge in [-0.1, -0.05) is 39.8 Å². The number of piperidine rings is 1. The van der Waals surface area contributed by atoms with Gasteiger partial charge in [0, 0.05) is 19.1 Å². The second-order valence-electron chi connectivity index (χ2n) is 6.95. The Balaban J connectivity index is 0.00000242. The van der Waals surface area contributed by atoms with Gasteiger partial charge in [-0.25, -0.2) is 8.42 Å². The van der Waals surface area contributed by atoms with Crippen molar-refractivity contribution in [3.05, 3.63) is 29.8 Å². The van der Waals surface area contributed by atoms with Crippen LogP contribution in [0.4, 0.5) is 0 Å². The first-order valence-electron chi connectivity index (χ1n) is 7.50. The Labute approximate surface area is 140 Å². The second kappa shape index (κ2) is 6.87. The van der Waals surface area contributed by atoms with E-state index in [0.717, 1.165) is 5.56 Å². The minimum absolute atomic E-state index is 0. The predicted molar refractivity (Wildman–Crippen MR) is 92.9 cm³/mol. The van der Waals surface area contributed by atoms with Crippen molar-refractivity contribution in [2.45, 2.75) is 51.0 Å². The number of hydrogen-bond donors (Lipinski definition) is 1. The highest BCUT2D eigenvalue weighted by Gasteiger charge is 2.38. The molecule has 1 saturated heterocycles. The molecule has 22 heavy (non-hydrogen) atoms. The van der Waals surface area contributed by atoms with Gasteiger partial charge in [-0.15, -0.1) is 12.4 Å². The van der Waals surface area contributed by atoms with Crippen molar-refractivity contribution in [1.29, 1.82) is 0 Å². The summed E-state index contributed by atoms with van der Waals surface area (Å²) in [6, 6.07) is 7.32. The molecular formula is C16H27ClN2O2S. The van der Waals surface area contributed by atoms with E-state index in [1.165, 1.54) is 0 Å². The van der Waals surface area contributed by atoms with Crippen molar-refractivity contribution in [2.75, 3.05) is 13.1 Å². The lowest BCUT2D eigenvalue weighted by atomic mass is 9.81. The molecule has 0 bridgehead atoms. The molecule has 0 spiro atoms. The molecule has 2 N–H and O–H groups in total. The smallest absolute Gasteiger partial charge is 0.243 e. The zero-order chi connectivity index (χ0) is 15.8. The zero-order valence-electron chi connectivity index (χ0n) is 13.7. The van der Waals surface area contributed by atoms with E-state index in [1.54, 1.807) is 16.4 Å². The van der Waals surface area contributed by atoms with E-state index >= 15 is 0 Å². The first-order valence-corrected chi connectivity index (χ1v) is 8.94. The molecule has 1 aromatic carbocycles. The number of rotatable bonds is 3. The van der Waals surface area contributed by atoms with Gasteiger partial charge in [0.1, 0.15) is 0 Å². The van der Waals surface area contributed by atoms with Crippen LogP contribution in [0.3, 0.4) is 0 Å². The van der Waals surface area contributed by atoms with Crippen molar-refractivity contribution < 1.29 is 8.42 Å². The Morgan fingerprint density at radius 3 is 2.50 bits per heavy atom. The fraction of sp³-hybridized carbons (Fsp3) is 0.625. The third-order valence-electron chi connectivity index (χ3n) is 4.44. The maximum atomic E-state index is 12.8. The lowest BCUT2D eigenvalue weighted by Gasteiger charge is -2.41. The molecule has 2 rings (SSSR count). The fourth-order valence-electron chi connectivity index (χ4n) is 2.71. The number of sulfonamides is 1. The van der Waals surface area contributed by atoms with Gasteiger partial charge in [-0.3, -0.25) is 0 Å². The topological polar surface area (TPSA) is 63.4 Å². The monoisotopic (exact) mass is 346 g/mol. The molecular weight excluding hydrogens is 320 g/mol. The summed E-state index contributed by atoms with van der Waals surface area (Å²) in [5.41, 5.74) is 6.95. The van der Waals surface area contributed by atoms with Crippen LogP contribution in [0.5, 0.6) is 0 Å². The Morgan fingerprint density at radius 2 is 1.95 bits per heavy atom. The highest BCUT2D eigenvalue weighted by Crippen LogP contribution is 2.31. The summed E-state index contributed by atoms with van der Waals surface area (Å²) in [6.07, 6.45) is 0.704. The maximum absolute atomic E-state index is 12.8. The number of halogens is 1. The molecule has 1 atom stereocenters. The van der Waals surface area contributed by atoms with Gasteiger partial charge in [0.25, 0.3) is 0 Å². The summed E-state index contributed by atoms with van der Waals surface area (Å²) in [7, 11) is -3.43. The molecule has 1 heterocycles. The van der Waals surface area contributed by atoms with E-state index in [0.29, 0.717) is 30.3 Å². The van der Waals surface area contributed by atoms with Crippen LogP contribution in [0.25, 0.3) is 0 Å². The van der Waals surface area contributed by atoms with Crippen molar-refractivity contribution >= 4 is 22.4 Å². The molecule has 1 aliphatic heterocycles. The molecule has 126 valence electrons. The van der Waals surface area contributed by atoms with Crippen LogP contribution in [-0.4, -0.2) is 31.9 Å². The van der Waals surface area contributed by atoms with E-state index < -0.39 is 10.0 Å². The molecule has 0 radical (unpaired) electrons. The lowest BCUT2D eigenvalue weighted by molar-refractivity contribution is 0.155. The summed E-state index contributed by atoms with van der Waals surface area (Å²) in [5, 5.41) is 0. The summed E-state index contributed by atoms with van der Waals surface area (Å²) >= 11 is 0. The number of benzene rings is 1. The lowest BCUT2D eigenvalue weighted by Crippen LogP contribution is -2.53. The van der Waals surface area contributed by atoms with Crippen molar-refractivity contribution in [3.8, 4) is 0 Å². The number of nitrogens with two attached hydrogens (primary N) is 1. The molecule has 6 heteroatoms. The largest absolute Gasteiger partial charge is 0.327 e. The molecule has 0 aliphatic carbocycles. The van der Waals surface area contributed by atoms with E-state index in [4.69, 9.17) is 5.73 Å². The molecule has 1 aromatic rings. The Morgan fingerprint density at radius 1 is 1.32 bits per heavy atom. The third kappa shape index (κ3) is 3.82. The first kappa shape index (κ1) is 19.4. The van der Waals surface area contributed by atoms with Crippen LogP contribution in [0.2, 0.25) is 0 Å². The maximum Gasteiger partial charge on any atom is 0.243 e. The van der Waals surface area contributed by atoms with E-state index in [1.807, 2.05) is 26.0 Å². The molecule has 4 nitrogen and oxygen atoms in total. The van der Waals surface area contributed by atoms with Crippen molar-refractivity contribution in [2.24, 2.45) is 11.1 Å². The average molecular weight is 347 g/mol. The molecule has 0 saturated carbocycles. The molecule has 1 aliphatic rings. The van der Waals surface area contributed by atoms with E-state index in [-0.39, 0.29) is 23.9 Å². The SMILES string of the molecule is CC(C)c1cccc(S(=O)(=O)N2CCC(N)C(C)(C)C2)c1.Cl. The predicted octanol–water partition coefficient (Wildman–Crippen LogP) is 2.98. The molecule has 0 aromatic heterocycles. The van der Waals surface area contributed by atoms with Gasteiger partial charge in [0.2, 0.25) is 10.0 Å². The highest BCUT2D eigenvalue weighted by molar-refractivity contribution is 7.89. The first-order chi connectivity index (χ1) is 9.64. The number of nitrogens with zero attached hydrogens (tertiary/aromatic N) is 1. The van der Waals surface area contributed by atoms with Crippen LogP contribution in [0, 0.1) is 5.41 Å². The van der Waals surface area contributed by atoms with Gasteiger partial charge in [-0.2, -0.15) is 4.31 Å². The van der Waals surface area contributed by atoms with E-state index in [2.05, 4.69) is 13.8 Å². The van der Waals surface area contributed by atoms with Crippen LogP contribution in [0.1, 0.15) is 45.6 Å². The Hall–Kier alpha value is -0.620. The number of hydrogen-bond acceptors (Lipinski definition) is 3. The van der Waals surface area contributed by atoms with Crippen LogP contribution in [-0.2, 0) is 10.0 Å². The quantitative estimate of drug-likeness (QED) is 0.915. The normalized spacial score (nSPS) is 22.4. The Bertz CT molecular complexity index is 614. The average Bonchev–Trinajstić information content (AvgIpc) is 2.41. The molecule has 1 fully saturated rings. The van der Waals surface area contributed by atoms with Crippen molar-refractivity contribution in [3.63, 3.8) is 0 Å². The van der Waals surface area contributed by atoms with Gasteiger partial charge in [-0.05, 0) is 35.4 Å². The van der Waals surface area contributed by atoms with Crippen LogP contribution in [0.15, 0.2) is 29.2 Å². The molecule has 1 unspecified atom stereocenters. The second-order valence-corrected chi connectivity index (χ2v) is 8.89. The van der Waals surface area contributed by atoms with Gasteiger partial charge < -0.3 is 5.73 Å². The van der Waals surface area contributed by atoms with Gasteiger partial charge in [0.05, 0.1) is 4.90 Å². The minimum atomic E-state index is -3.43. The van der Waals surface area contributed by atoms with Crippen LogP contribution < -0.4 is 5.73 Å². The minimum Gasteiger partial charge on any atom is -0.327 e. The standard InChI is InChI=1S/C16H26N2O2S.ClH/c1-12(2)13-6-5-7-14(10-13)21(19,20)18-9-8-15(17)16(3,4)11-18;/h5-7,10,12,15H,8-9,11,17H2,1-4H3;1H. The van der Waals surface area contributed by atoms with Gasteiger partial charge >= 0.3 is 0 Å². The van der Waals surface area contributed by atoms with Crippen molar-refractivity contribution in [1.82, 2.24) is 4.31 Å².